The summed E-state index contributed by atoms with van der Waals surface area (Å²) in [5.74, 6) is 0.367. The van der Waals surface area contributed by atoms with Crippen molar-refractivity contribution in [3.63, 3.8) is 0 Å². The van der Waals surface area contributed by atoms with Crippen molar-refractivity contribution in [1.82, 2.24) is 9.62 Å². The number of nitrogens with one attached hydrogen (secondary N) is 1. The first kappa shape index (κ1) is 19.4. The van der Waals surface area contributed by atoms with Gasteiger partial charge in [0.15, 0.2) is 0 Å². The van der Waals surface area contributed by atoms with Gasteiger partial charge in [0.25, 0.3) is 0 Å². The lowest BCUT2D eigenvalue weighted by Crippen LogP contribution is -2.31. The lowest BCUT2D eigenvalue weighted by Gasteiger charge is -2.22. The number of methoxy groups -OCH3 is 1. The lowest BCUT2D eigenvalue weighted by atomic mass is 10.2. The van der Waals surface area contributed by atoms with Gasteiger partial charge in [0.05, 0.1) is 7.11 Å². The Kier molecular flexibility index (Phi) is 6.99. The van der Waals surface area contributed by atoms with Crippen LogP contribution in [0.2, 0.25) is 0 Å². The normalized spacial score (nSPS) is 11.7. The van der Waals surface area contributed by atoms with Crippen LogP contribution < -0.4 is 10.1 Å². The average Bonchev–Trinajstić information content (AvgIpc) is 2.64. The summed E-state index contributed by atoms with van der Waals surface area (Å²) in [5, 5.41) is 3.21. The Balaban J connectivity index is 2.38. The summed E-state index contributed by atoms with van der Waals surface area (Å²) in [4.78, 5) is 0.211. The van der Waals surface area contributed by atoms with Crippen molar-refractivity contribution in [3.8, 4) is 5.75 Å². The number of hydrogen-bond donors (Lipinski definition) is 1. The first-order valence-corrected chi connectivity index (χ1v) is 9.88. The fraction of sp³-hybridized carbons (Fsp3) is 0.368. The van der Waals surface area contributed by atoms with Crippen molar-refractivity contribution < 1.29 is 13.2 Å². The van der Waals surface area contributed by atoms with Crippen LogP contribution in [-0.4, -0.2) is 32.9 Å². The number of nitrogens with zero attached hydrogens (tertiary/aromatic N) is 1. The molecule has 0 heterocycles. The molecule has 0 aromatic heterocycles. The highest BCUT2D eigenvalue weighted by atomic mass is 32.2. The molecule has 0 atom stereocenters. The molecular weight excluding hydrogens is 336 g/mol. The van der Waals surface area contributed by atoms with Crippen molar-refractivity contribution >= 4 is 10.0 Å². The second-order valence-electron chi connectivity index (χ2n) is 5.68. The molecule has 5 nitrogen and oxygen atoms in total. The predicted molar refractivity (Wildman–Crippen MR) is 100 cm³/mol. The molecule has 0 radical (unpaired) electrons. The molecule has 0 spiro atoms. The monoisotopic (exact) mass is 362 g/mol. The summed E-state index contributed by atoms with van der Waals surface area (Å²) in [6, 6.07) is 14.9. The van der Waals surface area contributed by atoms with Crippen molar-refractivity contribution in [2.45, 2.75) is 31.8 Å². The summed E-state index contributed by atoms with van der Waals surface area (Å²) in [5.41, 5.74) is 1.87. The minimum Gasteiger partial charge on any atom is -0.495 e. The van der Waals surface area contributed by atoms with Crippen LogP contribution in [0.25, 0.3) is 0 Å². The van der Waals surface area contributed by atoms with Crippen LogP contribution in [0.15, 0.2) is 53.4 Å². The van der Waals surface area contributed by atoms with Crippen LogP contribution in [0, 0.1) is 0 Å². The summed E-state index contributed by atoms with van der Waals surface area (Å²) in [6.45, 7) is 6.02. The molecule has 0 saturated carbocycles. The van der Waals surface area contributed by atoms with Gasteiger partial charge >= 0.3 is 0 Å². The van der Waals surface area contributed by atoms with E-state index in [1.54, 1.807) is 12.1 Å². The average molecular weight is 362 g/mol. The van der Waals surface area contributed by atoms with Crippen LogP contribution >= 0.6 is 0 Å². The number of sulfonamides is 1. The third-order valence-electron chi connectivity index (χ3n) is 3.98. The molecule has 0 fully saturated rings. The molecule has 0 aliphatic carbocycles. The summed E-state index contributed by atoms with van der Waals surface area (Å²) < 4.78 is 33.2. The van der Waals surface area contributed by atoms with Gasteiger partial charge in [-0.25, -0.2) is 8.42 Å². The maximum atomic E-state index is 13.2. The molecule has 0 aliphatic rings. The van der Waals surface area contributed by atoms with E-state index in [1.807, 2.05) is 50.2 Å². The molecule has 1 N–H and O–H groups in total. The Morgan fingerprint density at radius 1 is 1.04 bits per heavy atom. The third-order valence-corrected chi connectivity index (χ3v) is 5.92. The molecule has 0 amide bonds. The Morgan fingerprint density at radius 3 is 2.36 bits per heavy atom. The van der Waals surface area contributed by atoms with Crippen LogP contribution in [-0.2, 0) is 23.1 Å². The summed E-state index contributed by atoms with van der Waals surface area (Å²) >= 11 is 0. The maximum Gasteiger partial charge on any atom is 0.247 e. The van der Waals surface area contributed by atoms with E-state index < -0.39 is 10.0 Å². The van der Waals surface area contributed by atoms with E-state index in [1.165, 1.54) is 11.4 Å². The predicted octanol–water partition coefficient (Wildman–Crippen LogP) is 3.02. The van der Waals surface area contributed by atoms with E-state index >= 15 is 0 Å². The van der Waals surface area contributed by atoms with Gasteiger partial charge in [-0.1, -0.05) is 50.2 Å². The topological polar surface area (TPSA) is 58.6 Å². The van der Waals surface area contributed by atoms with Gasteiger partial charge in [0.1, 0.15) is 10.6 Å². The fourth-order valence-electron chi connectivity index (χ4n) is 2.59. The van der Waals surface area contributed by atoms with E-state index in [4.69, 9.17) is 4.74 Å². The Bertz CT molecular complexity index is 777. The smallest absolute Gasteiger partial charge is 0.247 e. The fourth-order valence-corrected chi connectivity index (χ4v) is 4.24. The van der Waals surface area contributed by atoms with E-state index in [9.17, 15) is 8.42 Å². The van der Waals surface area contributed by atoms with Crippen LogP contribution in [0.4, 0.5) is 0 Å². The van der Waals surface area contributed by atoms with Gasteiger partial charge in [0.2, 0.25) is 10.0 Å². The van der Waals surface area contributed by atoms with Crippen LogP contribution in [0.5, 0.6) is 5.75 Å². The zero-order valence-corrected chi connectivity index (χ0v) is 15.8. The van der Waals surface area contributed by atoms with E-state index in [0.717, 1.165) is 17.7 Å². The van der Waals surface area contributed by atoms with Gasteiger partial charge in [-0.15, -0.1) is 0 Å². The molecule has 25 heavy (non-hydrogen) atoms. The maximum absolute atomic E-state index is 13.2. The molecule has 0 saturated heterocycles. The van der Waals surface area contributed by atoms with Crippen molar-refractivity contribution in [3.05, 3.63) is 59.7 Å². The second kappa shape index (κ2) is 8.99. The first-order valence-electron chi connectivity index (χ1n) is 8.44. The number of hydrogen-bond acceptors (Lipinski definition) is 4. The van der Waals surface area contributed by atoms with Crippen molar-refractivity contribution in [2.24, 2.45) is 0 Å². The van der Waals surface area contributed by atoms with Crippen molar-refractivity contribution in [2.75, 3.05) is 20.2 Å². The van der Waals surface area contributed by atoms with Gasteiger partial charge in [-0.05, 0) is 29.8 Å². The zero-order valence-electron chi connectivity index (χ0n) is 15.0. The number of benzene rings is 2. The van der Waals surface area contributed by atoms with E-state index in [2.05, 4.69) is 5.32 Å². The highest BCUT2D eigenvalue weighted by Crippen LogP contribution is 2.28. The van der Waals surface area contributed by atoms with E-state index in [0.29, 0.717) is 25.4 Å². The van der Waals surface area contributed by atoms with Crippen molar-refractivity contribution in [1.29, 1.82) is 0 Å². The van der Waals surface area contributed by atoms with Crippen LogP contribution in [0.1, 0.15) is 25.0 Å². The summed E-state index contributed by atoms with van der Waals surface area (Å²) in [6.07, 6.45) is 0. The highest BCUT2D eigenvalue weighted by Gasteiger charge is 2.27. The van der Waals surface area contributed by atoms with Gasteiger partial charge in [0, 0.05) is 19.6 Å². The summed E-state index contributed by atoms with van der Waals surface area (Å²) in [7, 11) is -2.17. The van der Waals surface area contributed by atoms with Gasteiger partial charge in [-0.3, -0.25) is 0 Å². The zero-order chi connectivity index (χ0) is 18.3. The van der Waals surface area contributed by atoms with E-state index in [-0.39, 0.29) is 4.90 Å². The Hall–Kier alpha value is -1.89. The highest BCUT2D eigenvalue weighted by molar-refractivity contribution is 7.89. The lowest BCUT2D eigenvalue weighted by molar-refractivity contribution is 0.391. The van der Waals surface area contributed by atoms with Crippen LogP contribution in [0.3, 0.4) is 0 Å². The molecular formula is C19H26N2O3S. The SMILES string of the molecule is CCNCc1ccc(OC)c(S(=O)(=O)N(CC)Cc2ccccc2)c1. The molecule has 0 bridgehead atoms. The largest absolute Gasteiger partial charge is 0.495 e. The third kappa shape index (κ3) is 4.81. The molecule has 2 aromatic carbocycles. The first-order chi connectivity index (χ1) is 12.0. The molecule has 0 unspecified atom stereocenters. The standard InChI is InChI=1S/C19H26N2O3S/c1-4-20-14-17-11-12-18(24-3)19(13-17)25(22,23)21(5-2)15-16-9-7-6-8-10-16/h6-13,20H,4-5,14-15H2,1-3H3. The minimum atomic E-state index is -3.66. The number of rotatable bonds is 9. The molecule has 6 heteroatoms. The Labute approximate surface area is 150 Å². The molecule has 136 valence electrons. The molecule has 0 aliphatic heterocycles. The Morgan fingerprint density at radius 2 is 1.76 bits per heavy atom. The quantitative estimate of drug-likeness (QED) is 0.745. The van der Waals surface area contributed by atoms with Gasteiger partial charge in [-0.2, -0.15) is 4.31 Å². The molecule has 2 aromatic rings. The van der Waals surface area contributed by atoms with Gasteiger partial charge < -0.3 is 10.1 Å². The minimum absolute atomic E-state index is 0.211. The number of ether oxygens (including phenoxy) is 1. The second-order valence-corrected chi connectivity index (χ2v) is 7.59. The molecule has 2 rings (SSSR count).